The summed E-state index contributed by atoms with van der Waals surface area (Å²) in [5, 5.41) is 32.1. The smallest absolute Gasteiger partial charge is 0.334 e. The van der Waals surface area contributed by atoms with Gasteiger partial charge in [-0.3, -0.25) is 4.79 Å². The molecular weight excluding hydrogens is 520 g/mol. The molecule has 7 nitrogen and oxygen atoms in total. The Hall–Kier alpha value is -2.32. The molecule has 10 atom stereocenters. The Kier molecular flexibility index (Phi) is 15.8. The second-order valence-electron chi connectivity index (χ2n) is 12.0. The van der Waals surface area contributed by atoms with Crippen molar-refractivity contribution in [3.05, 3.63) is 59.3 Å². The van der Waals surface area contributed by atoms with Crippen LogP contribution >= 0.6 is 0 Å². The topological polar surface area (TPSA) is 113 Å². The highest BCUT2D eigenvalue weighted by molar-refractivity contribution is 5.92. The summed E-state index contributed by atoms with van der Waals surface area (Å²) in [4.78, 5) is 26.2. The van der Waals surface area contributed by atoms with E-state index >= 15 is 0 Å². The van der Waals surface area contributed by atoms with Crippen LogP contribution < -0.4 is 0 Å². The third-order valence-corrected chi connectivity index (χ3v) is 8.19. The molecule has 1 heterocycles. The Morgan fingerprint density at radius 3 is 2.39 bits per heavy atom. The fraction of sp³-hybridized carbons (Fsp3) is 0.647. The molecule has 1 aliphatic rings. The molecule has 0 aromatic carbocycles. The lowest BCUT2D eigenvalue weighted by Crippen LogP contribution is -2.45. The van der Waals surface area contributed by atoms with Gasteiger partial charge in [0.15, 0.2) is 5.78 Å². The molecule has 0 aromatic heterocycles. The number of allylic oxidation sites excluding steroid dienone is 6. The van der Waals surface area contributed by atoms with Gasteiger partial charge in [0, 0.05) is 36.4 Å². The first-order valence-electron chi connectivity index (χ1n) is 14.8. The van der Waals surface area contributed by atoms with Gasteiger partial charge in [-0.1, -0.05) is 83.1 Å². The monoisotopic (exact) mass is 574 g/mol. The highest BCUT2D eigenvalue weighted by atomic mass is 16.6. The van der Waals surface area contributed by atoms with E-state index in [0.717, 1.165) is 11.1 Å². The standard InChI is InChI=1S/C34H54O7/c1-11-28(35)22(4)15-16-29(36)26(8)32(38)27(9)33-30(40-10)14-12-13-20(2)17-23(5)31(37)24(6)18-21(3)19-25(7)34(39)41-33/h12-16,18-19,22-24,26-28,30-33,35,37-38H,11,17H2,1-10H3/b14-12?,16-15?,20-13?,21-18+,25-19?. The number of carbonyl (C=O) groups excluding carboxylic acids is 2. The fourth-order valence-corrected chi connectivity index (χ4v) is 5.23. The molecule has 1 aliphatic heterocycles. The van der Waals surface area contributed by atoms with E-state index in [1.165, 1.54) is 13.2 Å². The zero-order valence-electron chi connectivity index (χ0n) is 26.7. The van der Waals surface area contributed by atoms with E-state index in [0.29, 0.717) is 18.4 Å². The number of methoxy groups -OCH3 is 1. The maximum atomic E-state index is 13.2. The predicted octanol–water partition coefficient (Wildman–Crippen LogP) is 5.51. The van der Waals surface area contributed by atoms with Crippen molar-refractivity contribution in [1.82, 2.24) is 0 Å². The summed E-state index contributed by atoms with van der Waals surface area (Å²) in [6, 6.07) is 0. The van der Waals surface area contributed by atoms with Crippen LogP contribution in [-0.2, 0) is 19.1 Å². The van der Waals surface area contributed by atoms with Gasteiger partial charge in [-0.25, -0.2) is 4.79 Å². The van der Waals surface area contributed by atoms with E-state index in [-0.39, 0.29) is 23.5 Å². The van der Waals surface area contributed by atoms with Gasteiger partial charge in [0.05, 0.1) is 18.3 Å². The number of ether oxygens (including phenoxy) is 2. The van der Waals surface area contributed by atoms with Crippen molar-refractivity contribution in [3.8, 4) is 0 Å². The summed E-state index contributed by atoms with van der Waals surface area (Å²) in [7, 11) is 1.51. The zero-order chi connectivity index (χ0) is 31.4. The van der Waals surface area contributed by atoms with E-state index in [4.69, 9.17) is 9.47 Å². The molecule has 0 spiro atoms. The molecule has 41 heavy (non-hydrogen) atoms. The predicted molar refractivity (Wildman–Crippen MR) is 164 cm³/mol. The number of aliphatic hydroxyl groups is 3. The zero-order valence-corrected chi connectivity index (χ0v) is 26.7. The SMILES string of the molecule is CCC(O)C(C)C=CC(=O)C(C)C(O)C(C)C1OC(=O)C(C)=C/C(C)=C/C(C)C(O)C(C)CC(C)=CC=CC1OC. The van der Waals surface area contributed by atoms with Gasteiger partial charge in [-0.2, -0.15) is 0 Å². The molecule has 0 amide bonds. The van der Waals surface area contributed by atoms with E-state index in [9.17, 15) is 24.9 Å². The molecule has 0 aromatic rings. The molecule has 0 saturated carbocycles. The Labute approximate surface area is 247 Å². The number of ketones is 1. The highest BCUT2D eigenvalue weighted by Gasteiger charge is 2.37. The maximum absolute atomic E-state index is 13.2. The Bertz CT molecular complexity index is 1000. The van der Waals surface area contributed by atoms with E-state index in [1.807, 2.05) is 59.8 Å². The first-order chi connectivity index (χ1) is 19.1. The van der Waals surface area contributed by atoms with Crippen LogP contribution in [0.3, 0.4) is 0 Å². The molecule has 0 radical (unpaired) electrons. The molecule has 0 saturated heterocycles. The van der Waals surface area contributed by atoms with Crippen molar-refractivity contribution in [1.29, 1.82) is 0 Å². The van der Waals surface area contributed by atoms with E-state index < -0.39 is 48.3 Å². The Morgan fingerprint density at radius 2 is 1.80 bits per heavy atom. The third kappa shape index (κ3) is 11.5. The number of rotatable bonds is 9. The largest absolute Gasteiger partial charge is 0.456 e. The first kappa shape index (κ1) is 36.7. The van der Waals surface area contributed by atoms with Gasteiger partial charge in [0.2, 0.25) is 0 Å². The van der Waals surface area contributed by atoms with Gasteiger partial charge >= 0.3 is 5.97 Å². The van der Waals surface area contributed by atoms with Crippen molar-refractivity contribution in [2.45, 2.75) is 106 Å². The number of hydrogen-bond acceptors (Lipinski definition) is 7. The van der Waals surface area contributed by atoms with Crippen LogP contribution in [0.4, 0.5) is 0 Å². The summed E-state index contributed by atoms with van der Waals surface area (Å²) >= 11 is 0. The summed E-state index contributed by atoms with van der Waals surface area (Å²) in [5.41, 5.74) is 2.28. The van der Waals surface area contributed by atoms with Crippen molar-refractivity contribution < 1.29 is 34.4 Å². The Morgan fingerprint density at radius 1 is 1.17 bits per heavy atom. The normalized spacial score (nSPS) is 30.3. The fourth-order valence-electron chi connectivity index (χ4n) is 5.23. The van der Waals surface area contributed by atoms with Crippen LogP contribution in [0.15, 0.2) is 59.3 Å². The molecule has 3 N–H and O–H groups in total. The van der Waals surface area contributed by atoms with E-state index in [2.05, 4.69) is 0 Å². The molecule has 7 heteroatoms. The van der Waals surface area contributed by atoms with Crippen LogP contribution in [0.25, 0.3) is 0 Å². The van der Waals surface area contributed by atoms with E-state index in [1.54, 1.807) is 39.0 Å². The van der Waals surface area contributed by atoms with Crippen molar-refractivity contribution in [2.24, 2.45) is 29.6 Å². The maximum Gasteiger partial charge on any atom is 0.334 e. The molecule has 0 bridgehead atoms. The molecule has 1 rings (SSSR count). The quantitative estimate of drug-likeness (QED) is 0.246. The van der Waals surface area contributed by atoms with Gasteiger partial charge in [0.1, 0.15) is 12.2 Å². The van der Waals surface area contributed by atoms with Crippen LogP contribution in [0, 0.1) is 29.6 Å². The second kappa shape index (κ2) is 17.6. The van der Waals surface area contributed by atoms with Crippen LogP contribution in [-0.4, -0.2) is 64.7 Å². The molecule has 0 aliphatic carbocycles. The van der Waals surface area contributed by atoms with Crippen molar-refractivity contribution >= 4 is 11.8 Å². The highest BCUT2D eigenvalue weighted by Crippen LogP contribution is 2.27. The molecule has 232 valence electrons. The van der Waals surface area contributed by atoms with Crippen molar-refractivity contribution in [3.63, 3.8) is 0 Å². The minimum absolute atomic E-state index is 0.0316. The first-order valence-corrected chi connectivity index (χ1v) is 14.8. The minimum Gasteiger partial charge on any atom is -0.456 e. The molecule has 10 unspecified atom stereocenters. The van der Waals surface area contributed by atoms with Gasteiger partial charge in [-0.05, 0) is 51.7 Å². The van der Waals surface area contributed by atoms with Gasteiger partial charge in [0.25, 0.3) is 0 Å². The number of hydrogen-bond donors (Lipinski definition) is 3. The van der Waals surface area contributed by atoms with Crippen LogP contribution in [0.5, 0.6) is 0 Å². The number of esters is 1. The molecular formula is C34H54O7. The second-order valence-corrected chi connectivity index (χ2v) is 12.0. The number of carbonyl (C=O) groups is 2. The lowest BCUT2D eigenvalue weighted by Gasteiger charge is -2.33. The summed E-state index contributed by atoms with van der Waals surface area (Å²) in [6.07, 6.45) is 9.82. The number of cyclic esters (lactones) is 1. The average molecular weight is 575 g/mol. The van der Waals surface area contributed by atoms with Gasteiger partial charge < -0.3 is 24.8 Å². The lowest BCUT2D eigenvalue weighted by molar-refractivity contribution is -0.158. The van der Waals surface area contributed by atoms with Crippen molar-refractivity contribution in [2.75, 3.05) is 7.11 Å². The summed E-state index contributed by atoms with van der Waals surface area (Å²) < 4.78 is 11.7. The van der Waals surface area contributed by atoms with Crippen LogP contribution in [0.1, 0.15) is 75.2 Å². The lowest BCUT2D eigenvalue weighted by atomic mass is 9.84. The van der Waals surface area contributed by atoms with Gasteiger partial charge in [-0.15, -0.1) is 0 Å². The minimum atomic E-state index is -1.13. The Balaban J connectivity index is 3.41. The van der Waals surface area contributed by atoms with Crippen LogP contribution in [0.2, 0.25) is 0 Å². The number of aliphatic hydroxyl groups excluding tert-OH is 3. The summed E-state index contributed by atoms with van der Waals surface area (Å²) in [6.45, 7) is 16.6. The average Bonchev–Trinajstić information content (AvgIpc) is 2.93. The molecule has 0 fully saturated rings. The summed E-state index contributed by atoms with van der Waals surface area (Å²) in [5.74, 6) is -2.52. The third-order valence-electron chi connectivity index (χ3n) is 8.19.